The van der Waals surface area contributed by atoms with E-state index in [2.05, 4.69) is 10.3 Å². The number of nitrogens with two attached hydrogens (primary N) is 1. The number of hydrogen-bond donors (Lipinski definition) is 2. The molecule has 0 atom stereocenters. The summed E-state index contributed by atoms with van der Waals surface area (Å²) >= 11 is 1.79. The summed E-state index contributed by atoms with van der Waals surface area (Å²) in [6, 6.07) is 0.449. The molecule has 0 aromatic carbocycles. The van der Waals surface area contributed by atoms with E-state index in [9.17, 15) is 8.42 Å². The fourth-order valence-electron chi connectivity index (χ4n) is 1.72. The first-order chi connectivity index (χ1) is 8.58. The van der Waals surface area contributed by atoms with Gasteiger partial charge in [0, 0.05) is 30.6 Å². The first-order valence-electron chi connectivity index (χ1n) is 6.20. The number of hydrogen-bond acceptors (Lipinski definition) is 4. The summed E-state index contributed by atoms with van der Waals surface area (Å²) in [5.74, 6) is 2.17. The fourth-order valence-corrected chi connectivity index (χ4v) is 4.17. The average Bonchev–Trinajstić information content (AvgIpc) is 3.14. The summed E-state index contributed by atoms with van der Waals surface area (Å²) in [7, 11) is -3.16. The van der Waals surface area contributed by atoms with Crippen molar-refractivity contribution < 1.29 is 8.42 Å². The number of guanidine groups is 1. The number of nitrogens with one attached hydrogen (secondary N) is 1. The molecule has 1 heterocycles. The van der Waals surface area contributed by atoms with Gasteiger partial charge in [0.05, 0.1) is 12.3 Å². The van der Waals surface area contributed by atoms with Crippen molar-refractivity contribution in [3.63, 3.8) is 0 Å². The molecular formula is C10H20N4O2S2. The van der Waals surface area contributed by atoms with Gasteiger partial charge in [-0.3, -0.25) is 4.99 Å². The highest BCUT2D eigenvalue weighted by Gasteiger charge is 2.24. The monoisotopic (exact) mass is 292 g/mol. The Morgan fingerprint density at radius 3 is 2.67 bits per heavy atom. The molecule has 0 unspecified atom stereocenters. The van der Waals surface area contributed by atoms with E-state index in [0.717, 1.165) is 24.3 Å². The van der Waals surface area contributed by atoms with Crippen LogP contribution in [0.15, 0.2) is 4.99 Å². The van der Waals surface area contributed by atoms with Gasteiger partial charge in [-0.2, -0.15) is 11.8 Å². The Labute approximate surface area is 112 Å². The van der Waals surface area contributed by atoms with Crippen molar-refractivity contribution >= 4 is 27.7 Å². The molecule has 0 aromatic rings. The van der Waals surface area contributed by atoms with E-state index in [0.29, 0.717) is 25.1 Å². The van der Waals surface area contributed by atoms with Crippen LogP contribution in [0.2, 0.25) is 0 Å². The number of sulfonamides is 1. The summed E-state index contributed by atoms with van der Waals surface area (Å²) in [5.41, 5.74) is 5.65. The van der Waals surface area contributed by atoms with Crippen LogP contribution >= 0.6 is 11.8 Å². The minimum absolute atomic E-state index is 0.0463. The average molecular weight is 292 g/mol. The summed E-state index contributed by atoms with van der Waals surface area (Å²) in [5, 5.41) is 3.04. The molecule has 3 N–H and O–H groups in total. The van der Waals surface area contributed by atoms with E-state index in [4.69, 9.17) is 5.73 Å². The van der Waals surface area contributed by atoms with Crippen LogP contribution in [0.3, 0.4) is 0 Å². The molecule has 18 heavy (non-hydrogen) atoms. The highest BCUT2D eigenvalue weighted by atomic mass is 32.2. The lowest BCUT2D eigenvalue weighted by Crippen LogP contribution is -2.40. The minimum atomic E-state index is -3.16. The van der Waals surface area contributed by atoms with Crippen LogP contribution in [-0.2, 0) is 10.0 Å². The van der Waals surface area contributed by atoms with Gasteiger partial charge in [-0.1, -0.05) is 0 Å². The zero-order chi connectivity index (χ0) is 13.0. The lowest BCUT2D eigenvalue weighted by molar-refractivity contribution is 0.444. The van der Waals surface area contributed by atoms with Crippen LogP contribution in [0.25, 0.3) is 0 Å². The molecule has 0 bridgehead atoms. The molecule has 1 saturated carbocycles. The van der Waals surface area contributed by atoms with Crippen LogP contribution in [0.1, 0.15) is 12.8 Å². The predicted octanol–water partition coefficient (Wildman–Crippen LogP) is -0.568. The first kappa shape index (κ1) is 14.0. The Hall–Kier alpha value is -0.470. The van der Waals surface area contributed by atoms with Gasteiger partial charge in [0.2, 0.25) is 10.0 Å². The smallest absolute Gasteiger partial charge is 0.215 e. The number of rotatable bonds is 5. The lowest BCUT2D eigenvalue weighted by Gasteiger charge is -2.25. The van der Waals surface area contributed by atoms with Gasteiger partial charge in [0.25, 0.3) is 0 Å². The van der Waals surface area contributed by atoms with E-state index in [1.807, 2.05) is 0 Å². The van der Waals surface area contributed by atoms with Crippen LogP contribution < -0.4 is 11.1 Å². The molecule has 2 aliphatic rings. The lowest BCUT2D eigenvalue weighted by atomic mass is 10.6. The Morgan fingerprint density at radius 1 is 1.39 bits per heavy atom. The van der Waals surface area contributed by atoms with Gasteiger partial charge < -0.3 is 11.1 Å². The van der Waals surface area contributed by atoms with Crippen molar-refractivity contribution in [1.29, 1.82) is 0 Å². The molecule has 6 nitrogen and oxygen atoms in total. The van der Waals surface area contributed by atoms with Gasteiger partial charge in [0.1, 0.15) is 0 Å². The minimum Gasteiger partial charge on any atom is -0.370 e. The normalized spacial score (nSPS) is 23.0. The molecule has 1 aliphatic heterocycles. The molecule has 104 valence electrons. The number of nitrogens with zero attached hydrogens (tertiary/aromatic N) is 2. The zero-order valence-electron chi connectivity index (χ0n) is 10.3. The molecule has 0 radical (unpaired) electrons. The molecule has 0 amide bonds. The standard InChI is InChI=1S/C10H20N4O2S2/c11-10(13-9-1-2-9)12-3-8-18(15,16)14-4-6-17-7-5-14/h9H,1-8H2,(H3,11,12,13). The van der Waals surface area contributed by atoms with Crippen molar-refractivity contribution in [2.75, 3.05) is 36.9 Å². The van der Waals surface area contributed by atoms with E-state index in [-0.39, 0.29) is 12.3 Å². The second-order valence-electron chi connectivity index (χ2n) is 4.51. The van der Waals surface area contributed by atoms with Crippen molar-refractivity contribution in [2.45, 2.75) is 18.9 Å². The van der Waals surface area contributed by atoms with E-state index in [1.165, 1.54) is 0 Å². The Balaban J connectivity index is 1.76. The van der Waals surface area contributed by atoms with E-state index in [1.54, 1.807) is 16.1 Å². The van der Waals surface area contributed by atoms with Crippen molar-refractivity contribution in [1.82, 2.24) is 9.62 Å². The molecule has 8 heteroatoms. The molecule has 2 fully saturated rings. The Morgan fingerprint density at radius 2 is 2.06 bits per heavy atom. The van der Waals surface area contributed by atoms with Crippen molar-refractivity contribution in [3.05, 3.63) is 0 Å². The third-order valence-corrected chi connectivity index (χ3v) is 5.72. The Bertz CT molecular complexity index is 400. The maximum atomic E-state index is 12.0. The fraction of sp³-hybridized carbons (Fsp3) is 0.900. The largest absolute Gasteiger partial charge is 0.370 e. The van der Waals surface area contributed by atoms with Gasteiger partial charge in [-0.05, 0) is 12.8 Å². The highest BCUT2D eigenvalue weighted by molar-refractivity contribution is 7.99. The molecule has 0 spiro atoms. The second-order valence-corrected chi connectivity index (χ2v) is 7.83. The van der Waals surface area contributed by atoms with Gasteiger partial charge in [-0.15, -0.1) is 0 Å². The predicted molar refractivity (Wildman–Crippen MR) is 75.3 cm³/mol. The van der Waals surface area contributed by atoms with Crippen LogP contribution in [0.4, 0.5) is 0 Å². The third kappa shape index (κ3) is 4.33. The molecule has 0 aromatic heterocycles. The summed E-state index contributed by atoms with van der Waals surface area (Å²) in [6.45, 7) is 1.47. The van der Waals surface area contributed by atoms with E-state index >= 15 is 0 Å². The Kier molecular flexibility index (Phi) is 4.74. The first-order valence-corrected chi connectivity index (χ1v) is 8.96. The number of aliphatic imine (C=N–C) groups is 1. The zero-order valence-corrected chi connectivity index (χ0v) is 12.0. The van der Waals surface area contributed by atoms with Gasteiger partial charge in [-0.25, -0.2) is 12.7 Å². The SMILES string of the molecule is NC(=NCCS(=O)(=O)N1CCSCC1)NC1CC1. The summed E-state index contributed by atoms with van der Waals surface area (Å²) < 4.78 is 25.5. The van der Waals surface area contributed by atoms with Gasteiger partial charge in [0.15, 0.2) is 5.96 Å². The second kappa shape index (κ2) is 6.12. The maximum absolute atomic E-state index is 12.0. The van der Waals surface area contributed by atoms with Crippen molar-refractivity contribution in [3.8, 4) is 0 Å². The highest BCUT2D eigenvalue weighted by Crippen LogP contribution is 2.18. The molecule has 2 rings (SSSR count). The summed E-state index contributed by atoms with van der Waals surface area (Å²) in [6.07, 6.45) is 2.25. The molecule has 1 aliphatic carbocycles. The topological polar surface area (TPSA) is 87.8 Å². The molecule has 1 saturated heterocycles. The van der Waals surface area contributed by atoms with Crippen LogP contribution in [0.5, 0.6) is 0 Å². The maximum Gasteiger partial charge on any atom is 0.215 e. The number of thioether (sulfide) groups is 1. The van der Waals surface area contributed by atoms with Crippen LogP contribution in [-0.4, -0.2) is 61.6 Å². The van der Waals surface area contributed by atoms with Crippen molar-refractivity contribution in [2.24, 2.45) is 10.7 Å². The molecular weight excluding hydrogens is 272 g/mol. The van der Waals surface area contributed by atoms with Crippen LogP contribution in [0, 0.1) is 0 Å². The van der Waals surface area contributed by atoms with Gasteiger partial charge >= 0.3 is 0 Å². The third-order valence-electron chi connectivity index (χ3n) is 2.92. The quantitative estimate of drug-likeness (QED) is 0.523. The van der Waals surface area contributed by atoms with E-state index < -0.39 is 10.0 Å². The summed E-state index contributed by atoms with van der Waals surface area (Å²) in [4.78, 5) is 4.06.